The zero-order chi connectivity index (χ0) is 11.4. The van der Waals surface area contributed by atoms with E-state index >= 15 is 0 Å². The van der Waals surface area contributed by atoms with Crippen molar-refractivity contribution in [2.24, 2.45) is 0 Å². The van der Waals surface area contributed by atoms with Crippen LogP contribution in [0.15, 0.2) is 10.7 Å². The van der Waals surface area contributed by atoms with E-state index in [2.05, 4.69) is 10.5 Å². The number of nitrogens with one attached hydrogen (secondary N) is 1. The number of aryl methyl sites for hydroxylation is 1. The summed E-state index contributed by atoms with van der Waals surface area (Å²) in [6.45, 7) is 3.27. The summed E-state index contributed by atoms with van der Waals surface area (Å²) in [4.78, 5) is 22.2. The van der Waals surface area contributed by atoms with Gasteiger partial charge in [-0.05, 0) is 13.3 Å². The van der Waals surface area contributed by atoms with Crippen LogP contribution in [0.4, 0.5) is 0 Å². The number of carboxylic acid groups (broad SMARTS) is 1. The van der Waals surface area contributed by atoms with Crippen molar-refractivity contribution in [2.45, 2.75) is 26.3 Å². The quantitative estimate of drug-likeness (QED) is 0.761. The maximum absolute atomic E-state index is 11.5. The van der Waals surface area contributed by atoms with Gasteiger partial charge < -0.3 is 14.9 Å². The molecule has 1 unspecified atom stereocenters. The summed E-state index contributed by atoms with van der Waals surface area (Å²) >= 11 is 0. The third-order valence-corrected chi connectivity index (χ3v) is 2.01. The highest BCUT2D eigenvalue weighted by atomic mass is 16.5. The molecule has 0 saturated carbocycles. The Morgan fingerprint density at radius 1 is 1.67 bits per heavy atom. The molecule has 0 bridgehead atoms. The van der Waals surface area contributed by atoms with Crippen LogP contribution in [-0.4, -0.2) is 28.2 Å². The van der Waals surface area contributed by atoms with Crippen LogP contribution in [0.3, 0.4) is 0 Å². The predicted octanol–water partition coefficient (Wildman–Crippen LogP) is 0.576. The van der Waals surface area contributed by atoms with Gasteiger partial charge in [0.05, 0.1) is 6.20 Å². The minimum atomic E-state index is -1.06. The third-order valence-electron chi connectivity index (χ3n) is 2.01. The molecule has 1 rings (SSSR count). The number of aromatic nitrogens is 1. The van der Waals surface area contributed by atoms with Crippen LogP contribution in [0, 0.1) is 6.92 Å². The normalized spacial score (nSPS) is 12.1. The second kappa shape index (κ2) is 4.59. The summed E-state index contributed by atoms with van der Waals surface area (Å²) in [5.41, 5.74) is 0.259. The lowest BCUT2D eigenvalue weighted by Crippen LogP contribution is -2.40. The molecule has 0 spiro atoms. The van der Waals surface area contributed by atoms with Crippen molar-refractivity contribution in [1.29, 1.82) is 0 Å². The highest BCUT2D eigenvalue weighted by Crippen LogP contribution is 2.06. The topological polar surface area (TPSA) is 92.4 Å². The van der Waals surface area contributed by atoms with E-state index < -0.39 is 17.9 Å². The van der Waals surface area contributed by atoms with Crippen LogP contribution in [0.25, 0.3) is 0 Å². The number of carboxylic acids is 1. The molecule has 6 heteroatoms. The summed E-state index contributed by atoms with van der Waals surface area (Å²) < 4.78 is 4.70. The fourth-order valence-electron chi connectivity index (χ4n) is 1.09. The first-order valence-corrected chi connectivity index (χ1v) is 4.51. The summed E-state index contributed by atoms with van der Waals surface area (Å²) in [6, 6.07) is -0.883. The molecule has 0 aliphatic heterocycles. The standard InChI is InChI=1S/C9H12N2O4/c1-3-7(9(13)14)11-8(12)6-4-10-15-5(6)2/h4,7H,3H2,1-2H3,(H,11,12)(H,13,14). The Hall–Kier alpha value is -1.85. The van der Waals surface area contributed by atoms with Crippen molar-refractivity contribution in [3.8, 4) is 0 Å². The molecule has 82 valence electrons. The minimum absolute atomic E-state index is 0.259. The van der Waals surface area contributed by atoms with Gasteiger partial charge in [0.1, 0.15) is 17.4 Å². The summed E-state index contributed by atoms with van der Waals surface area (Å²) in [6.07, 6.45) is 1.59. The smallest absolute Gasteiger partial charge is 0.326 e. The number of aliphatic carboxylic acids is 1. The van der Waals surface area contributed by atoms with E-state index in [4.69, 9.17) is 9.63 Å². The predicted molar refractivity (Wildman–Crippen MR) is 50.4 cm³/mol. The van der Waals surface area contributed by atoms with Crippen LogP contribution in [-0.2, 0) is 4.79 Å². The Morgan fingerprint density at radius 3 is 2.73 bits per heavy atom. The van der Waals surface area contributed by atoms with Gasteiger partial charge in [0.2, 0.25) is 0 Å². The number of hydrogen-bond acceptors (Lipinski definition) is 4. The highest BCUT2D eigenvalue weighted by Gasteiger charge is 2.20. The molecule has 2 N–H and O–H groups in total. The molecular weight excluding hydrogens is 200 g/mol. The second-order valence-electron chi connectivity index (χ2n) is 3.07. The molecule has 0 saturated heterocycles. The van der Waals surface area contributed by atoms with E-state index in [1.54, 1.807) is 13.8 Å². The first-order chi connectivity index (χ1) is 7.06. The number of amides is 1. The summed E-state index contributed by atoms with van der Waals surface area (Å²) in [5, 5.41) is 14.5. The van der Waals surface area contributed by atoms with Crippen molar-refractivity contribution in [2.75, 3.05) is 0 Å². The van der Waals surface area contributed by atoms with Gasteiger partial charge in [-0.15, -0.1) is 0 Å². The molecule has 0 aliphatic rings. The van der Waals surface area contributed by atoms with Gasteiger partial charge in [-0.2, -0.15) is 0 Å². The molecule has 15 heavy (non-hydrogen) atoms. The largest absolute Gasteiger partial charge is 0.480 e. The Bertz CT molecular complexity index is 372. The van der Waals surface area contributed by atoms with Crippen LogP contribution in [0.2, 0.25) is 0 Å². The van der Waals surface area contributed by atoms with Gasteiger partial charge in [-0.1, -0.05) is 12.1 Å². The highest BCUT2D eigenvalue weighted by molar-refractivity contribution is 5.97. The summed E-state index contributed by atoms with van der Waals surface area (Å²) in [5.74, 6) is -1.17. The maximum Gasteiger partial charge on any atom is 0.326 e. The third kappa shape index (κ3) is 2.55. The number of nitrogens with zero attached hydrogens (tertiary/aromatic N) is 1. The summed E-state index contributed by atoms with van der Waals surface area (Å²) in [7, 11) is 0. The lowest BCUT2D eigenvalue weighted by Gasteiger charge is -2.10. The molecule has 0 radical (unpaired) electrons. The Kier molecular flexibility index (Phi) is 3.43. The van der Waals surface area contributed by atoms with Crippen molar-refractivity contribution in [3.63, 3.8) is 0 Å². The molecule has 1 aromatic rings. The zero-order valence-electron chi connectivity index (χ0n) is 8.48. The molecule has 1 atom stereocenters. The van der Waals surface area contributed by atoms with E-state index in [1.165, 1.54) is 6.20 Å². The fraction of sp³-hybridized carbons (Fsp3) is 0.444. The Morgan fingerprint density at radius 2 is 2.33 bits per heavy atom. The van der Waals surface area contributed by atoms with Gasteiger partial charge in [0, 0.05) is 0 Å². The van der Waals surface area contributed by atoms with E-state index in [1.807, 2.05) is 0 Å². The van der Waals surface area contributed by atoms with Crippen molar-refractivity contribution in [1.82, 2.24) is 10.5 Å². The number of carbonyl (C=O) groups excluding carboxylic acids is 1. The van der Waals surface area contributed by atoms with Gasteiger partial charge in [0.25, 0.3) is 5.91 Å². The molecule has 0 aliphatic carbocycles. The number of hydrogen-bond donors (Lipinski definition) is 2. The average molecular weight is 212 g/mol. The van der Waals surface area contributed by atoms with Gasteiger partial charge in [-0.3, -0.25) is 4.79 Å². The van der Waals surface area contributed by atoms with Gasteiger partial charge >= 0.3 is 5.97 Å². The second-order valence-corrected chi connectivity index (χ2v) is 3.07. The van der Waals surface area contributed by atoms with E-state index in [-0.39, 0.29) is 5.56 Å². The van der Waals surface area contributed by atoms with Crippen LogP contribution in [0.1, 0.15) is 29.5 Å². The van der Waals surface area contributed by atoms with Gasteiger partial charge in [0.15, 0.2) is 0 Å². The lowest BCUT2D eigenvalue weighted by atomic mass is 10.2. The molecule has 0 fully saturated rings. The molecule has 1 heterocycles. The lowest BCUT2D eigenvalue weighted by molar-refractivity contribution is -0.139. The molecule has 0 aromatic carbocycles. The Labute approximate surface area is 86.3 Å². The van der Waals surface area contributed by atoms with Crippen LogP contribution < -0.4 is 5.32 Å². The first-order valence-electron chi connectivity index (χ1n) is 4.51. The maximum atomic E-state index is 11.5. The van der Waals surface area contributed by atoms with Crippen LogP contribution in [0.5, 0.6) is 0 Å². The zero-order valence-corrected chi connectivity index (χ0v) is 8.48. The number of rotatable bonds is 4. The molecule has 1 amide bonds. The SMILES string of the molecule is CCC(NC(=O)c1cnoc1C)C(=O)O. The number of carbonyl (C=O) groups is 2. The Balaban J connectivity index is 2.71. The van der Waals surface area contributed by atoms with E-state index in [0.717, 1.165) is 0 Å². The van der Waals surface area contributed by atoms with Crippen molar-refractivity contribution in [3.05, 3.63) is 17.5 Å². The monoisotopic (exact) mass is 212 g/mol. The van der Waals surface area contributed by atoms with E-state index in [9.17, 15) is 9.59 Å². The molecule has 6 nitrogen and oxygen atoms in total. The average Bonchev–Trinajstić information content (AvgIpc) is 2.60. The van der Waals surface area contributed by atoms with Crippen LogP contribution >= 0.6 is 0 Å². The minimum Gasteiger partial charge on any atom is -0.480 e. The fourth-order valence-corrected chi connectivity index (χ4v) is 1.09. The van der Waals surface area contributed by atoms with Crippen molar-refractivity contribution < 1.29 is 19.2 Å². The first kappa shape index (κ1) is 11.2. The molecule has 1 aromatic heterocycles. The van der Waals surface area contributed by atoms with Crippen molar-refractivity contribution >= 4 is 11.9 Å². The van der Waals surface area contributed by atoms with E-state index in [0.29, 0.717) is 12.2 Å². The van der Waals surface area contributed by atoms with Gasteiger partial charge in [-0.25, -0.2) is 4.79 Å². The molecular formula is C9H12N2O4.